The van der Waals surface area contributed by atoms with E-state index in [1.807, 2.05) is 37.4 Å². The van der Waals surface area contributed by atoms with Gasteiger partial charge in [0.15, 0.2) is 0 Å². The highest BCUT2D eigenvalue weighted by molar-refractivity contribution is 5.65. The molecule has 0 saturated carbocycles. The van der Waals surface area contributed by atoms with Gasteiger partial charge >= 0.3 is 0 Å². The predicted octanol–water partition coefficient (Wildman–Crippen LogP) is 3.39. The Bertz CT molecular complexity index is 584. The molecule has 1 aromatic heterocycles. The third-order valence-electron chi connectivity index (χ3n) is 2.89. The first kappa shape index (κ1) is 14.1. The molecule has 0 aliphatic heterocycles. The summed E-state index contributed by atoms with van der Waals surface area (Å²) in [7, 11) is 3.50. The van der Waals surface area contributed by atoms with E-state index in [2.05, 4.69) is 34.4 Å². The van der Waals surface area contributed by atoms with E-state index in [4.69, 9.17) is 4.74 Å². The smallest absolute Gasteiger partial charge is 0.142 e. The van der Waals surface area contributed by atoms with Crippen molar-refractivity contribution in [3.63, 3.8) is 0 Å². The van der Waals surface area contributed by atoms with Crippen LogP contribution in [-0.4, -0.2) is 24.1 Å². The molecule has 5 heteroatoms. The molecule has 0 radical (unpaired) electrons. The van der Waals surface area contributed by atoms with E-state index in [1.54, 1.807) is 7.11 Å². The minimum atomic E-state index is 0.265. The van der Waals surface area contributed by atoms with Crippen molar-refractivity contribution in [2.24, 2.45) is 0 Å². The van der Waals surface area contributed by atoms with E-state index in [-0.39, 0.29) is 5.92 Å². The van der Waals surface area contributed by atoms with E-state index < -0.39 is 0 Å². The maximum atomic E-state index is 5.33. The van der Waals surface area contributed by atoms with Gasteiger partial charge in [-0.25, -0.2) is 9.97 Å². The monoisotopic (exact) mass is 272 g/mol. The molecule has 106 valence electrons. The van der Waals surface area contributed by atoms with Crippen LogP contribution in [0.3, 0.4) is 0 Å². The summed E-state index contributed by atoms with van der Waals surface area (Å²) in [5.41, 5.74) is 0.880. The highest BCUT2D eigenvalue weighted by Gasteiger charge is 2.09. The Morgan fingerprint density at radius 2 is 1.80 bits per heavy atom. The predicted molar refractivity (Wildman–Crippen MR) is 81.9 cm³/mol. The number of ether oxygens (including phenoxy) is 1. The zero-order chi connectivity index (χ0) is 14.5. The number of aromatic nitrogens is 2. The SMILES string of the molecule is CNc1cc(Nc2ccccc2OC)nc(C(C)C)n1. The van der Waals surface area contributed by atoms with Gasteiger partial charge in [0.25, 0.3) is 0 Å². The molecule has 0 unspecified atom stereocenters. The van der Waals surface area contributed by atoms with Gasteiger partial charge in [-0.1, -0.05) is 26.0 Å². The second kappa shape index (κ2) is 6.23. The third-order valence-corrected chi connectivity index (χ3v) is 2.89. The van der Waals surface area contributed by atoms with Crippen molar-refractivity contribution < 1.29 is 4.74 Å². The number of para-hydroxylation sites is 2. The maximum Gasteiger partial charge on any atom is 0.142 e. The van der Waals surface area contributed by atoms with Gasteiger partial charge in [0.1, 0.15) is 23.2 Å². The van der Waals surface area contributed by atoms with Gasteiger partial charge < -0.3 is 15.4 Å². The van der Waals surface area contributed by atoms with Crippen LogP contribution in [0.4, 0.5) is 17.3 Å². The summed E-state index contributed by atoms with van der Waals surface area (Å²) in [6.45, 7) is 4.14. The minimum Gasteiger partial charge on any atom is -0.495 e. The lowest BCUT2D eigenvalue weighted by atomic mass is 10.2. The molecule has 0 fully saturated rings. The Kier molecular flexibility index (Phi) is 4.40. The van der Waals surface area contributed by atoms with E-state index in [0.717, 1.165) is 28.9 Å². The standard InChI is InChI=1S/C15H20N4O/c1-10(2)15-18-13(16-3)9-14(19-15)17-11-7-5-6-8-12(11)20-4/h5-10H,1-4H3,(H2,16,17,18,19). The quantitative estimate of drug-likeness (QED) is 0.873. The van der Waals surface area contributed by atoms with Crippen LogP contribution in [0.25, 0.3) is 0 Å². The molecule has 2 aromatic rings. The Morgan fingerprint density at radius 1 is 1.10 bits per heavy atom. The first-order valence-electron chi connectivity index (χ1n) is 6.60. The second-order valence-corrected chi connectivity index (χ2v) is 4.73. The molecule has 20 heavy (non-hydrogen) atoms. The largest absolute Gasteiger partial charge is 0.495 e. The number of hydrogen-bond donors (Lipinski definition) is 2. The minimum absolute atomic E-state index is 0.265. The number of methoxy groups -OCH3 is 1. The summed E-state index contributed by atoms with van der Waals surface area (Å²) >= 11 is 0. The van der Waals surface area contributed by atoms with Crippen LogP contribution in [-0.2, 0) is 0 Å². The van der Waals surface area contributed by atoms with Gasteiger partial charge in [-0.2, -0.15) is 0 Å². The molecule has 0 atom stereocenters. The summed E-state index contributed by atoms with van der Waals surface area (Å²) < 4.78 is 5.33. The van der Waals surface area contributed by atoms with Gasteiger partial charge in [0.2, 0.25) is 0 Å². The van der Waals surface area contributed by atoms with Gasteiger partial charge in [-0.15, -0.1) is 0 Å². The van der Waals surface area contributed by atoms with E-state index in [0.29, 0.717) is 0 Å². The number of hydrogen-bond acceptors (Lipinski definition) is 5. The Labute approximate surface area is 119 Å². The lowest BCUT2D eigenvalue weighted by Gasteiger charge is -2.13. The molecule has 0 amide bonds. The van der Waals surface area contributed by atoms with Gasteiger partial charge in [-0.3, -0.25) is 0 Å². The van der Waals surface area contributed by atoms with Crippen LogP contribution >= 0.6 is 0 Å². The highest BCUT2D eigenvalue weighted by Crippen LogP contribution is 2.27. The molecule has 2 N–H and O–H groups in total. The van der Waals surface area contributed by atoms with Crippen molar-refractivity contribution in [3.05, 3.63) is 36.2 Å². The summed E-state index contributed by atoms with van der Waals surface area (Å²) in [5, 5.41) is 6.33. The van der Waals surface area contributed by atoms with Crippen molar-refractivity contribution in [2.75, 3.05) is 24.8 Å². The lowest BCUT2D eigenvalue weighted by molar-refractivity contribution is 0.417. The normalized spacial score (nSPS) is 10.4. The average Bonchev–Trinajstić information content (AvgIpc) is 2.47. The van der Waals surface area contributed by atoms with E-state index in [9.17, 15) is 0 Å². The van der Waals surface area contributed by atoms with E-state index >= 15 is 0 Å². The Hall–Kier alpha value is -2.30. The van der Waals surface area contributed by atoms with Crippen LogP contribution in [0.15, 0.2) is 30.3 Å². The number of anilines is 3. The number of rotatable bonds is 5. The fraction of sp³-hybridized carbons (Fsp3) is 0.333. The van der Waals surface area contributed by atoms with Crippen molar-refractivity contribution in [1.82, 2.24) is 9.97 Å². The number of nitrogens with zero attached hydrogens (tertiary/aromatic N) is 2. The maximum absolute atomic E-state index is 5.33. The zero-order valence-corrected chi connectivity index (χ0v) is 12.3. The van der Waals surface area contributed by atoms with Crippen molar-refractivity contribution >= 4 is 17.3 Å². The third kappa shape index (κ3) is 3.17. The van der Waals surface area contributed by atoms with Crippen molar-refractivity contribution in [1.29, 1.82) is 0 Å². The molecule has 1 aromatic carbocycles. The van der Waals surface area contributed by atoms with Crippen molar-refractivity contribution in [3.8, 4) is 5.75 Å². The topological polar surface area (TPSA) is 59.1 Å². The van der Waals surface area contributed by atoms with Crippen LogP contribution in [0.2, 0.25) is 0 Å². The Morgan fingerprint density at radius 3 is 2.45 bits per heavy atom. The number of benzene rings is 1. The molecular formula is C15H20N4O. The molecule has 0 spiro atoms. The molecule has 0 aliphatic rings. The van der Waals surface area contributed by atoms with Gasteiger partial charge in [0, 0.05) is 19.0 Å². The fourth-order valence-corrected chi connectivity index (χ4v) is 1.80. The molecule has 2 rings (SSSR count). The second-order valence-electron chi connectivity index (χ2n) is 4.73. The molecule has 0 aliphatic carbocycles. The van der Waals surface area contributed by atoms with Gasteiger partial charge in [0.05, 0.1) is 12.8 Å². The Balaban J connectivity index is 2.35. The van der Waals surface area contributed by atoms with Gasteiger partial charge in [-0.05, 0) is 12.1 Å². The molecule has 0 saturated heterocycles. The first-order valence-corrected chi connectivity index (χ1v) is 6.60. The first-order chi connectivity index (χ1) is 9.63. The van der Waals surface area contributed by atoms with Crippen LogP contribution in [0, 0.1) is 0 Å². The van der Waals surface area contributed by atoms with Crippen LogP contribution < -0.4 is 15.4 Å². The number of nitrogens with one attached hydrogen (secondary N) is 2. The van der Waals surface area contributed by atoms with Crippen LogP contribution in [0.1, 0.15) is 25.6 Å². The molecule has 5 nitrogen and oxygen atoms in total. The highest BCUT2D eigenvalue weighted by atomic mass is 16.5. The lowest BCUT2D eigenvalue weighted by Crippen LogP contribution is -2.05. The molecule has 1 heterocycles. The van der Waals surface area contributed by atoms with Crippen LogP contribution in [0.5, 0.6) is 5.75 Å². The molecule has 0 bridgehead atoms. The summed E-state index contributed by atoms with van der Waals surface area (Å²) in [4.78, 5) is 8.98. The summed E-state index contributed by atoms with van der Waals surface area (Å²) in [6.07, 6.45) is 0. The van der Waals surface area contributed by atoms with Crippen molar-refractivity contribution in [2.45, 2.75) is 19.8 Å². The average molecular weight is 272 g/mol. The van der Waals surface area contributed by atoms with E-state index in [1.165, 1.54) is 0 Å². The fourth-order valence-electron chi connectivity index (χ4n) is 1.80. The summed E-state index contributed by atoms with van der Waals surface area (Å²) in [6, 6.07) is 9.62. The summed E-state index contributed by atoms with van der Waals surface area (Å²) in [5.74, 6) is 3.39. The molecular weight excluding hydrogens is 252 g/mol. The zero-order valence-electron chi connectivity index (χ0n) is 12.3.